The van der Waals surface area contributed by atoms with Crippen molar-refractivity contribution in [2.45, 2.75) is 42.9 Å². The van der Waals surface area contributed by atoms with E-state index in [2.05, 4.69) is 0 Å². The number of hydrogen-bond donors (Lipinski definition) is 0. The van der Waals surface area contributed by atoms with Gasteiger partial charge >= 0.3 is 0 Å². The van der Waals surface area contributed by atoms with Crippen molar-refractivity contribution in [1.29, 1.82) is 0 Å². The number of aromatic nitrogens is 1. The number of para-hydroxylation sites is 1. The highest BCUT2D eigenvalue weighted by Gasteiger charge is 2.27. The highest BCUT2D eigenvalue weighted by Crippen LogP contribution is 2.39. The lowest BCUT2D eigenvalue weighted by Crippen LogP contribution is -2.42. The first kappa shape index (κ1) is 18.4. The molecule has 6 heteroatoms. The van der Waals surface area contributed by atoms with E-state index in [1.165, 1.54) is 16.8 Å². The van der Waals surface area contributed by atoms with Crippen molar-refractivity contribution >= 4 is 26.8 Å². The third-order valence-corrected chi connectivity index (χ3v) is 7.99. The van der Waals surface area contributed by atoms with Crippen molar-refractivity contribution in [3.63, 3.8) is 0 Å². The zero-order chi connectivity index (χ0) is 20.0. The number of hydrogen-bond acceptors (Lipinski definition) is 3. The molecule has 0 atom stereocenters. The largest absolute Gasteiger partial charge is 0.339 e. The molecule has 2 aliphatic rings. The first-order valence-electron chi connectivity index (χ1n) is 10.3. The average molecular weight is 409 g/mol. The van der Waals surface area contributed by atoms with Crippen LogP contribution in [0.25, 0.3) is 10.9 Å². The molecule has 0 bridgehead atoms. The number of carbonyl (C=O) groups is 1. The smallest absolute Gasteiger partial charge is 0.268 e. The van der Waals surface area contributed by atoms with Crippen molar-refractivity contribution in [3.05, 3.63) is 65.9 Å². The Balaban J connectivity index is 1.54. The fraction of sp³-hybridized carbons (Fsp3) is 0.348. The lowest BCUT2D eigenvalue weighted by atomic mass is 9.97. The van der Waals surface area contributed by atoms with E-state index in [1.807, 2.05) is 30.5 Å². The van der Waals surface area contributed by atoms with Gasteiger partial charge in [-0.3, -0.25) is 4.79 Å². The summed E-state index contributed by atoms with van der Waals surface area (Å²) in [4.78, 5) is 14.3. The molecule has 5 rings (SSSR count). The molecule has 0 N–H and O–H groups in total. The number of benzene rings is 2. The monoisotopic (exact) mass is 408 g/mol. The van der Waals surface area contributed by atoms with Gasteiger partial charge in [0.2, 0.25) is 0 Å². The predicted octanol–water partition coefficient (Wildman–Crippen LogP) is 4.38. The lowest BCUT2D eigenvalue weighted by molar-refractivity contribution is 0.0651. The fourth-order valence-corrected chi connectivity index (χ4v) is 5.90. The van der Waals surface area contributed by atoms with Crippen LogP contribution in [0.4, 0.5) is 0 Å². The minimum Gasteiger partial charge on any atom is -0.339 e. The Bertz CT molecular complexity index is 1170. The molecule has 1 aliphatic heterocycles. The lowest BCUT2D eigenvalue weighted by Gasteiger charge is -2.30. The third kappa shape index (κ3) is 3.06. The van der Waals surface area contributed by atoms with Crippen LogP contribution in [-0.2, 0) is 10.0 Å². The Labute approximate surface area is 171 Å². The first-order valence-corrected chi connectivity index (χ1v) is 11.7. The van der Waals surface area contributed by atoms with E-state index in [-0.39, 0.29) is 10.8 Å². The maximum atomic E-state index is 13.4. The maximum absolute atomic E-state index is 13.4. The number of amides is 1. The van der Waals surface area contributed by atoms with Gasteiger partial charge in [-0.05, 0) is 61.1 Å². The molecule has 2 aromatic carbocycles. The molecule has 0 radical (unpaired) electrons. The van der Waals surface area contributed by atoms with E-state index >= 15 is 0 Å². The van der Waals surface area contributed by atoms with Gasteiger partial charge in [0.1, 0.15) is 0 Å². The zero-order valence-corrected chi connectivity index (χ0v) is 17.1. The highest BCUT2D eigenvalue weighted by atomic mass is 32.2. The molecule has 29 heavy (non-hydrogen) atoms. The maximum Gasteiger partial charge on any atom is 0.268 e. The van der Waals surface area contributed by atoms with Crippen molar-refractivity contribution in [2.75, 3.05) is 13.1 Å². The molecule has 3 aromatic rings. The van der Waals surface area contributed by atoms with Crippen LogP contribution in [0, 0.1) is 0 Å². The molecule has 1 aromatic heterocycles. The van der Waals surface area contributed by atoms with Crippen LogP contribution in [0.5, 0.6) is 0 Å². The van der Waals surface area contributed by atoms with Crippen LogP contribution in [0.15, 0.2) is 59.6 Å². The van der Waals surface area contributed by atoms with Crippen molar-refractivity contribution in [2.24, 2.45) is 0 Å². The second-order valence-corrected chi connectivity index (χ2v) is 9.87. The standard InChI is InChI=1S/C23H24N2O3S/c26-23(24-14-5-15-24)18-10-12-19(13-11-18)29(27,28)25-16-21(17-6-1-2-7-17)20-8-3-4-9-22(20)25/h3-4,8-13,16-17H,1-2,5-7,14-15H2. The molecule has 0 unspecified atom stereocenters. The van der Waals surface area contributed by atoms with Gasteiger partial charge in [0.25, 0.3) is 15.9 Å². The van der Waals surface area contributed by atoms with Crippen LogP contribution in [0.2, 0.25) is 0 Å². The van der Waals surface area contributed by atoms with Gasteiger partial charge in [-0.25, -0.2) is 12.4 Å². The van der Waals surface area contributed by atoms with Gasteiger partial charge in [0.15, 0.2) is 0 Å². The van der Waals surface area contributed by atoms with E-state index < -0.39 is 10.0 Å². The van der Waals surface area contributed by atoms with Gasteiger partial charge in [-0.2, -0.15) is 0 Å². The van der Waals surface area contributed by atoms with Gasteiger partial charge in [0.05, 0.1) is 10.4 Å². The number of rotatable bonds is 4. The summed E-state index contributed by atoms with van der Waals surface area (Å²) in [5.74, 6) is 0.392. The summed E-state index contributed by atoms with van der Waals surface area (Å²) in [6.45, 7) is 1.55. The van der Waals surface area contributed by atoms with E-state index in [0.29, 0.717) is 11.5 Å². The molecular formula is C23H24N2O3S. The minimum atomic E-state index is -3.74. The molecule has 150 valence electrons. The Morgan fingerprint density at radius 2 is 1.59 bits per heavy atom. The van der Waals surface area contributed by atoms with E-state index in [4.69, 9.17) is 0 Å². The topological polar surface area (TPSA) is 59.4 Å². The second kappa shape index (κ2) is 7.02. The number of likely N-dealkylation sites (tertiary alicyclic amines) is 1. The highest BCUT2D eigenvalue weighted by molar-refractivity contribution is 7.90. The molecular weight excluding hydrogens is 384 g/mol. The Morgan fingerprint density at radius 3 is 2.24 bits per heavy atom. The van der Waals surface area contributed by atoms with Crippen LogP contribution >= 0.6 is 0 Å². The van der Waals surface area contributed by atoms with Crippen LogP contribution in [0.1, 0.15) is 53.9 Å². The second-order valence-electron chi connectivity index (χ2n) is 8.05. The summed E-state index contributed by atoms with van der Waals surface area (Å²) < 4.78 is 28.3. The molecule has 5 nitrogen and oxygen atoms in total. The normalized spacial score (nSPS) is 17.6. The Morgan fingerprint density at radius 1 is 0.897 bits per heavy atom. The molecule has 1 aliphatic carbocycles. The fourth-order valence-electron chi connectivity index (χ4n) is 4.52. The van der Waals surface area contributed by atoms with Crippen molar-refractivity contribution < 1.29 is 13.2 Å². The Hall–Kier alpha value is -2.60. The number of nitrogens with zero attached hydrogens (tertiary/aromatic N) is 2. The van der Waals surface area contributed by atoms with Crippen molar-refractivity contribution in [1.82, 2.24) is 8.87 Å². The summed E-state index contributed by atoms with van der Waals surface area (Å²) in [6, 6.07) is 14.1. The van der Waals surface area contributed by atoms with E-state index in [0.717, 1.165) is 48.8 Å². The SMILES string of the molecule is O=C(c1ccc(S(=O)(=O)n2cc(C3CCCC3)c3ccccc32)cc1)N1CCC1. The molecule has 1 amide bonds. The summed E-state index contributed by atoms with van der Waals surface area (Å²) in [7, 11) is -3.74. The van der Waals surface area contributed by atoms with E-state index in [1.54, 1.807) is 29.2 Å². The molecule has 2 heterocycles. The van der Waals surface area contributed by atoms with Crippen LogP contribution in [-0.4, -0.2) is 36.3 Å². The number of carbonyl (C=O) groups excluding carboxylic acids is 1. The summed E-state index contributed by atoms with van der Waals surface area (Å²) >= 11 is 0. The molecule has 2 fully saturated rings. The van der Waals surface area contributed by atoms with Gasteiger partial charge < -0.3 is 4.90 Å². The van der Waals surface area contributed by atoms with E-state index in [9.17, 15) is 13.2 Å². The first-order chi connectivity index (χ1) is 14.1. The summed E-state index contributed by atoms with van der Waals surface area (Å²) in [6.07, 6.45) is 7.47. The molecule has 0 spiro atoms. The predicted molar refractivity (Wildman–Crippen MR) is 113 cm³/mol. The van der Waals surface area contributed by atoms with Gasteiger partial charge in [-0.15, -0.1) is 0 Å². The van der Waals surface area contributed by atoms with Gasteiger partial charge in [0, 0.05) is 30.2 Å². The summed E-state index contributed by atoms with van der Waals surface area (Å²) in [5.41, 5.74) is 2.38. The average Bonchev–Trinajstić information content (AvgIpc) is 3.34. The zero-order valence-electron chi connectivity index (χ0n) is 16.3. The summed E-state index contributed by atoms with van der Waals surface area (Å²) in [5, 5.41) is 1.02. The third-order valence-electron chi connectivity index (χ3n) is 6.31. The van der Waals surface area contributed by atoms with Gasteiger partial charge in [-0.1, -0.05) is 31.0 Å². The quantitative estimate of drug-likeness (QED) is 0.644. The van der Waals surface area contributed by atoms with Crippen LogP contribution in [0.3, 0.4) is 0 Å². The Kier molecular flexibility index (Phi) is 4.46. The number of fused-ring (bicyclic) bond motifs is 1. The van der Waals surface area contributed by atoms with Crippen molar-refractivity contribution in [3.8, 4) is 0 Å². The minimum absolute atomic E-state index is 0.0323. The van der Waals surface area contributed by atoms with Crippen LogP contribution < -0.4 is 0 Å². The molecule has 1 saturated heterocycles. The molecule has 1 saturated carbocycles.